The molecule has 0 bridgehead atoms. The number of piperazine rings is 1. The number of hydrogen-bond donors (Lipinski definition) is 4. The van der Waals surface area contributed by atoms with E-state index in [1.54, 1.807) is 23.2 Å². The van der Waals surface area contributed by atoms with Crippen LogP contribution in [0.3, 0.4) is 0 Å². The highest BCUT2D eigenvalue weighted by molar-refractivity contribution is 7.46. The van der Waals surface area contributed by atoms with Gasteiger partial charge in [-0.2, -0.15) is 0 Å². The van der Waals surface area contributed by atoms with Gasteiger partial charge in [-0.05, 0) is 23.3 Å². The highest BCUT2D eigenvalue weighted by Gasteiger charge is 2.48. The first-order valence-electron chi connectivity index (χ1n) is 11.6. The van der Waals surface area contributed by atoms with Crippen LogP contribution in [0, 0.1) is 0 Å². The maximum atomic E-state index is 13.3. The lowest BCUT2D eigenvalue weighted by atomic mass is 10.00. The summed E-state index contributed by atoms with van der Waals surface area (Å²) in [5.74, 6) is -0.694. The van der Waals surface area contributed by atoms with Gasteiger partial charge in [0.05, 0.1) is 13.1 Å². The average Bonchev–Trinajstić information content (AvgIpc) is 2.85. The third-order valence-corrected chi connectivity index (χ3v) is 6.47. The summed E-state index contributed by atoms with van der Waals surface area (Å²) < 4.78 is 15.6. The first-order valence-corrected chi connectivity index (χ1v) is 13.1. The SMILES string of the molecule is C=CCN1CC(=O)N2C(Cc3ccc(OP(=O)(O)O)cc3)C(=O)NCC2N1C(=O)NCc1ccccc1. The number of hydrogen-bond acceptors (Lipinski definition) is 6. The molecule has 2 aliphatic heterocycles. The molecule has 13 heteroatoms. The summed E-state index contributed by atoms with van der Waals surface area (Å²) in [6.07, 6.45) is 0.975. The van der Waals surface area contributed by atoms with Gasteiger partial charge < -0.3 is 20.1 Å². The molecule has 2 atom stereocenters. The van der Waals surface area contributed by atoms with Gasteiger partial charge in [0.1, 0.15) is 18.0 Å². The predicted octanol–water partition coefficient (Wildman–Crippen LogP) is 0.982. The molecule has 4 amide bonds. The molecule has 2 aromatic carbocycles. The lowest BCUT2D eigenvalue weighted by Crippen LogP contribution is -2.76. The molecule has 2 aromatic rings. The van der Waals surface area contributed by atoms with Gasteiger partial charge in [-0.15, -0.1) is 6.58 Å². The van der Waals surface area contributed by atoms with E-state index in [4.69, 9.17) is 9.79 Å². The molecule has 196 valence electrons. The Kier molecular flexibility index (Phi) is 7.94. The molecule has 2 unspecified atom stereocenters. The van der Waals surface area contributed by atoms with Crippen LogP contribution < -0.4 is 15.2 Å². The molecule has 2 saturated heterocycles. The molecule has 0 aliphatic carbocycles. The van der Waals surface area contributed by atoms with Crippen molar-refractivity contribution >= 4 is 25.7 Å². The summed E-state index contributed by atoms with van der Waals surface area (Å²) in [5.41, 5.74) is 1.55. The molecule has 4 rings (SSSR count). The van der Waals surface area contributed by atoms with Gasteiger partial charge in [-0.25, -0.2) is 19.4 Å². The van der Waals surface area contributed by atoms with Crippen LogP contribution in [0.1, 0.15) is 11.1 Å². The first-order chi connectivity index (χ1) is 17.7. The molecule has 0 spiro atoms. The van der Waals surface area contributed by atoms with Crippen LogP contribution in [0.25, 0.3) is 0 Å². The molecule has 37 heavy (non-hydrogen) atoms. The molecule has 4 N–H and O–H groups in total. The van der Waals surface area contributed by atoms with Crippen LogP contribution in [0.15, 0.2) is 67.3 Å². The second kappa shape index (κ2) is 11.1. The number of hydrazine groups is 1. The number of fused-ring (bicyclic) bond motifs is 1. The number of amides is 4. The summed E-state index contributed by atoms with van der Waals surface area (Å²) in [6.45, 7) is 4.22. The van der Waals surface area contributed by atoms with E-state index in [0.29, 0.717) is 5.56 Å². The van der Waals surface area contributed by atoms with Crippen molar-refractivity contribution in [2.24, 2.45) is 0 Å². The molecular weight excluding hydrogens is 501 g/mol. The van der Waals surface area contributed by atoms with Gasteiger partial charge in [-0.3, -0.25) is 19.4 Å². The summed E-state index contributed by atoms with van der Waals surface area (Å²) in [7, 11) is -4.70. The van der Waals surface area contributed by atoms with Crippen molar-refractivity contribution in [2.45, 2.75) is 25.2 Å². The van der Waals surface area contributed by atoms with E-state index in [9.17, 15) is 18.9 Å². The van der Waals surface area contributed by atoms with Crippen LogP contribution >= 0.6 is 7.82 Å². The van der Waals surface area contributed by atoms with E-state index in [1.807, 2.05) is 30.3 Å². The van der Waals surface area contributed by atoms with Crippen LogP contribution in [0.5, 0.6) is 5.75 Å². The third-order valence-electron chi connectivity index (χ3n) is 6.02. The molecular formula is C24H28N5O7P. The summed E-state index contributed by atoms with van der Waals surface area (Å²) in [5, 5.41) is 8.74. The van der Waals surface area contributed by atoms with E-state index in [2.05, 4.69) is 21.7 Å². The number of urea groups is 1. The lowest BCUT2D eigenvalue weighted by molar-refractivity contribution is -0.179. The van der Waals surface area contributed by atoms with Crippen molar-refractivity contribution in [3.8, 4) is 5.75 Å². The zero-order valence-electron chi connectivity index (χ0n) is 19.9. The summed E-state index contributed by atoms with van der Waals surface area (Å²) >= 11 is 0. The highest BCUT2D eigenvalue weighted by Crippen LogP contribution is 2.37. The molecule has 0 radical (unpaired) electrons. The Hall–Kier alpha value is -3.70. The number of phosphoric acid groups is 1. The Bertz CT molecular complexity index is 1200. The number of benzene rings is 2. The van der Waals surface area contributed by atoms with Gasteiger partial charge in [0, 0.05) is 19.5 Å². The van der Waals surface area contributed by atoms with Gasteiger partial charge >= 0.3 is 13.9 Å². The van der Waals surface area contributed by atoms with Crippen LogP contribution in [0.4, 0.5) is 4.79 Å². The topological polar surface area (TPSA) is 152 Å². The fourth-order valence-electron chi connectivity index (χ4n) is 4.45. The Morgan fingerprint density at radius 3 is 2.49 bits per heavy atom. The maximum Gasteiger partial charge on any atom is 0.524 e. The predicted molar refractivity (Wildman–Crippen MR) is 133 cm³/mol. The van der Waals surface area contributed by atoms with Gasteiger partial charge in [0.15, 0.2) is 0 Å². The number of carbonyl (C=O) groups is 3. The van der Waals surface area contributed by atoms with Crippen LogP contribution in [-0.4, -0.2) is 74.4 Å². The van der Waals surface area contributed by atoms with Crippen molar-refractivity contribution < 1.29 is 33.3 Å². The van der Waals surface area contributed by atoms with E-state index in [1.165, 1.54) is 22.0 Å². The zero-order chi connectivity index (χ0) is 26.6. The Balaban J connectivity index is 1.54. The number of nitrogens with zero attached hydrogens (tertiary/aromatic N) is 3. The largest absolute Gasteiger partial charge is 0.524 e. The third kappa shape index (κ3) is 6.36. The minimum absolute atomic E-state index is 0.0292. The van der Waals surface area contributed by atoms with Crippen LogP contribution in [-0.2, 0) is 27.1 Å². The normalized spacial score (nSPS) is 20.2. The molecule has 2 fully saturated rings. The average molecular weight is 529 g/mol. The van der Waals surface area contributed by atoms with Gasteiger partial charge in [-0.1, -0.05) is 48.5 Å². The number of carbonyl (C=O) groups excluding carboxylic acids is 3. The van der Waals surface area contributed by atoms with Crippen molar-refractivity contribution in [2.75, 3.05) is 19.6 Å². The number of phosphoric ester groups is 1. The van der Waals surface area contributed by atoms with E-state index in [-0.39, 0.29) is 50.2 Å². The molecule has 2 aliphatic rings. The lowest BCUT2D eigenvalue weighted by Gasteiger charge is -2.52. The Morgan fingerprint density at radius 1 is 1.14 bits per heavy atom. The monoisotopic (exact) mass is 529 g/mol. The van der Waals surface area contributed by atoms with E-state index < -0.39 is 26.1 Å². The summed E-state index contributed by atoms with van der Waals surface area (Å²) in [4.78, 5) is 58.8. The minimum Gasteiger partial charge on any atom is -0.404 e. The smallest absolute Gasteiger partial charge is 0.404 e. The van der Waals surface area contributed by atoms with Crippen molar-refractivity contribution in [3.05, 3.63) is 78.4 Å². The first kappa shape index (κ1) is 26.4. The zero-order valence-corrected chi connectivity index (χ0v) is 20.8. The Morgan fingerprint density at radius 2 is 1.84 bits per heavy atom. The minimum atomic E-state index is -4.70. The van der Waals surface area contributed by atoms with E-state index >= 15 is 0 Å². The quantitative estimate of drug-likeness (QED) is 0.292. The number of rotatable bonds is 8. The fraction of sp³-hybridized carbons (Fsp3) is 0.292. The van der Waals surface area contributed by atoms with Crippen molar-refractivity contribution in [3.63, 3.8) is 0 Å². The molecule has 0 aromatic heterocycles. The van der Waals surface area contributed by atoms with E-state index in [0.717, 1.165) is 5.56 Å². The maximum absolute atomic E-state index is 13.3. The van der Waals surface area contributed by atoms with Crippen molar-refractivity contribution in [1.82, 2.24) is 25.6 Å². The fourth-order valence-corrected chi connectivity index (χ4v) is 4.84. The van der Waals surface area contributed by atoms with Gasteiger partial charge in [0.25, 0.3) is 0 Å². The number of nitrogens with one attached hydrogen (secondary N) is 2. The second-order valence-electron chi connectivity index (χ2n) is 8.60. The Labute approximate surface area is 213 Å². The van der Waals surface area contributed by atoms with Crippen molar-refractivity contribution in [1.29, 1.82) is 0 Å². The summed E-state index contributed by atoms with van der Waals surface area (Å²) in [6, 6.07) is 14.0. The molecule has 2 heterocycles. The highest BCUT2D eigenvalue weighted by atomic mass is 31.2. The molecule has 12 nitrogen and oxygen atoms in total. The second-order valence-corrected chi connectivity index (χ2v) is 9.76. The molecule has 0 saturated carbocycles. The standard InChI is InChI=1S/C24H28N5O7P/c1-2-12-27-16-22(30)28-20(13-17-8-10-19(11-9-17)36-37(33,34)35)23(31)25-15-21(28)29(27)24(32)26-14-18-6-4-3-5-7-18/h2-11,20-21H,1,12-16H2,(H,25,31)(H,26,32)(H2,33,34,35). The van der Waals surface area contributed by atoms with Crippen LogP contribution in [0.2, 0.25) is 0 Å². The van der Waals surface area contributed by atoms with Gasteiger partial charge in [0.2, 0.25) is 11.8 Å².